The van der Waals surface area contributed by atoms with Gasteiger partial charge in [-0.1, -0.05) is 19.8 Å². The first-order valence-electron chi connectivity index (χ1n) is 5.73. The van der Waals surface area contributed by atoms with E-state index in [1.54, 1.807) is 0 Å². The monoisotopic (exact) mass is 216 g/mol. The molecule has 0 fully saturated rings. The molecular formula is C12H24O3. The first kappa shape index (κ1) is 14.4. The molecule has 0 saturated carbocycles. The van der Waals surface area contributed by atoms with Gasteiger partial charge in [0.15, 0.2) is 0 Å². The van der Waals surface area contributed by atoms with Crippen molar-refractivity contribution in [3.8, 4) is 0 Å². The summed E-state index contributed by atoms with van der Waals surface area (Å²) >= 11 is 0. The van der Waals surface area contributed by atoms with Crippen LogP contribution in [0.3, 0.4) is 0 Å². The molecular weight excluding hydrogens is 192 g/mol. The summed E-state index contributed by atoms with van der Waals surface area (Å²) in [5.74, 6) is 0.222. The van der Waals surface area contributed by atoms with Crippen molar-refractivity contribution < 1.29 is 14.6 Å². The summed E-state index contributed by atoms with van der Waals surface area (Å²) in [4.78, 5) is 11.1. The molecule has 0 radical (unpaired) electrons. The normalized spacial score (nSPS) is 13.7. The third-order valence-corrected chi connectivity index (χ3v) is 2.31. The van der Waals surface area contributed by atoms with Crippen LogP contribution in [0.2, 0.25) is 0 Å². The summed E-state index contributed by atoms with van der Waals surface area (Å²) in [5.41, 5.74) is -0.594. The van der Waals surface area contributed by atoms with E-state index in [1.807, 2.05) is 27.7 Å². The van der Waals surface area contributed by atoms with Crippen molar-refractivity contribution in [3.63, 3.8) is 0 Å². The number of aliphatic hydroxyl groups is 1. The van der Waals surface area contributed by atoms with Crippen LogP contribution in [0.5, 0.6) is 0 Å². The first-order chi connectivity index (χ1) is 6.85. The minimum absolute atomic E-state index is 0.117. The topological polar surface area (TPSA) is 46.5 Å². The maximum absolute atomic E-state index is 11.1. The minimum Gasteiger partial charge on any atom is -0.466 e. The van der Waals surface area contributed by atoms with Gasteiger partial charge in [-0.3, -0.25) is 4.79 Å². The third kappa shape index (κ3) is 9.73. The van der Waals surface area contributed by atoms with Crippen LogP contribution in [0.4, 0.5) is 0 Å². The summed E-state index contributed by atoms with van der Waals surface area (Å²) in [5, 5.41) is 9.51. The maximum atomic E-state index is 11.1. The second-order valence-electron chi connectivity index (χ2n) is 4.82. The molecule has 1 atom stereocenters. The van der Waals surface area contributed by atoms with Crippen molar-refractivity contribution in [2.75, 3.05) is 6.61 Å². The van der Waals surface area contributed by atoms with Gasteiger partial charge in [0.1, 0.15) is 0 Å². The molecule has 1 N–H and O–H groups in total. The van der Waals surface area contributed by atoms with Crippen molar-refractivity contribution in [2.24, 2.45) is 5.92 Å². The predicted molar refractivity (Wildman–Crippen MR) is 60.6 cm³/mol. The molecule has 3 nitrogen and oxygen atoms in total. The quantitative estimate of drug-likeness (QED) is 0.665. The summed E-state index contributed by atoms with van der Waals surface area (Å²) in [6, 6.07) is 0. The van der Waals surface area contributed by atoms with Crippen LogP contribution >= 0.6 is 0 Å². The number of hydrogen-bond acceptors (Lipinski definition) is 3. The van der Waals surface area contributed by atoms with Gasteiger partial charge in [-0.15, -0.1) is 0 Å². The van der Waals surface area contributed by atoms with Crippen molar-refractivity contribution in [1.82, 2.24) is 0 Å². The Hall–Kier alpha value is -0.570. The Balaban J connectivity index is 3.57. The van der Waals surface area contributed by atoms with Crippen molar-refractivity contribution in [1.29, 1.82) is 0 Å². The van der Waals surface area contributed by atoms with Gasteiger partial charge in [0, 0.05) is 6.42 Å². The molecule has 0 aromatic carbocycles. The van der Waals surface area contributed by atoms with Gasteiger partial charge in [-0.05, 0) is 33.1 Å². The lowest BCUT2D eigenvalue weighted by Gasteiger charge is -2.18. The molecule has 90 valence electrons. The molecule has 1 unspecified atom stereocenters. The highest BCUT2D eigenvalue weighted by molar-refractivity contribution is 5.69. The highest BCUT2D eigenvalue weighted by Crippen LogP contribution is 2.17. The zero-order valence-corrected chi connectivity index (χ0v) is 10.4. The van der Waals surface area contributed by atoms with Crippen LogP contribution < -0.4 is 0 Å². The minimum atomic E-state index is -0.594. The van der Waals surface area contributed by atoms with E-state index in [9.17, 15) is 9.90 Å². The average molecular weight is 216 g/mol. The Kier molecular flexibility index (Phi) is 6.57. The fourth-order valence-corrected chi connectivity index (χ4v) is 1.49. The van der Waals surface area contributed by atoms with Crippen LogP contribution in [-0.2, 0) is 9.53 Å². The Bertz CT molecular complexity index is 182. The lowest BCUT2D eigenvalue weighted by atomic mass is 9.95. The molecule has 0 rings (SSSR count). The number of hydrogen-bond donors (Lipinski definition) is 1. The van der Waals surface area contributed by atoms with E-state index in [-0.39, 0.29) is 5.97 Å². The molecule has 0 spiro atoms. The summed E-state index contributed by atoms with van der Waals surface area (Å²) < 4.78 is 4.87. The smallest absolute Gasteiger partial charge is 0.306 e. The van der Waals surface area contributed by atoms with Gasteiger partial charge in [-0.2, -0.15) is 0 Å². The Morgan fingerprint density at radius 2 is 2.07 bits per heavy atom. The van der Waals surface area contributed by atoms with Crippen molar-refractivity contribution in [3.05, 3.63) is 0 Å². The third-order valence-electron chi connectivity index (χ3n) is 2.31. The molecule has 0 aliphatic heterocycles. The standard InChI is InChI=1S/C12H24O3/c1-5-15-11(13)9-10(2)7-6-8-12(3,4)14/h10,14H,5-9H2,1-4H3. The molecule has 0 aliphatic rings. The molecule has 0 heterocycles. The van der Waals surface area contributed by atoms with Gasteiger partial charge >= 0.3 is 5.97 Å². The van der Waals surface area contributed by atoms with E-state index in [0.29, 0.717) is 18.9 Å². The molecule has 15 heavy (non-hydrogen) atoms. The van der Waals surface area contributed by atoms with Gasteiger partial charge in [0.25, 0.3) is 0 Å². The van der Waals surface area contributed by atoms with Crippen molar-refractivity contribution >= 4 is 5.97 Å². The predicted octanol–water partition coefficient (Wildman–Crippen LogP) is 2.52. The maximum Gasteiger partial charge on any atom is 0.306 e. The molecule has 3 heteroatoms. The largest absolute Gasteiger partial charge is 0.466 e. The van der Waals surface area contributed by atoms with Gasteiger partial charge in [0.2, 0.25) is 0 Å². The number of ether oxygens (including phenoxy) is 1. The van der Waals surface area contributed by atoms with Crippen LogP contribution in [0.25, 0.3) is 0 Å². The molecule has 0 amide bonds. The highest BCUT2D eigenvalue weighted by Gasteiger charge is 2.14. The van der Waals surface area contributed by atoms with Gasteiger partial charge in [0.05, 0.1) is 12.2 Å². The lowest BCUT2D eigenvalue weighted by Crippen LogP contribution is -2.18. The Morgan fingerprint density at radius 3 is 2.53 bits per heavy atom. The zero-order chi connectivity index (χ0) is 11.9. The number of esters is 1. The van der Waals surface area contributed by atoms with Gasteiger partial charge in [-0.25, -0.2) is 0 Å². The van der Waals surface area contributed by atoms with Crippen LogP contribution in [-0.4, -0.2) is 23.3 Å². The van der Waals surface area contributed by atoms with E-state index in [2.05, 4.69) is 0 Å². The Labute approximate surface area is 92.8 Å². The fraction of sp³-hybridized carbons (Fsp3) is 0.917. The molecule has 0 aliphatic carbocycles. The fourth-order valence-electron chi connectivity index (χ4n) is 1.49. The second kappa shape index (κ2) is 6.83. The molecule has 0 saturated heterocycles. The lowest BCUT2D eigenvalue weighted by molar-refractivity contribution is -0.144. The number of rotatable bonds is 7. The van der Waals surface area contributed by atoms with E-state index < -0.39 is 5.60 Å². The Morgan fingerprint density at radius 1 is 1.47 bits per heavy atom. The summed E-state index contributed by atoms with van der Waals surface area (Å²) in [6.45, 7) is 7.93. The van der Waals surface area contributed by atoms with Crippen LogP contribution in [0.15, 0.2) is 0 Å². The first-order valence-corrected chi connectivity index (χ1v) is 5.73. The zero-order valence-electron chi connectivity index (χ0n) is 10.4. The van der Waals surface area contributed by atoms with E-state index in [4.69, 9.17) is 4.74 Å². The highest BCUT2D eigenvalue weighted by atomic mass is 16.5. The van der Waals surface area contributed by atoms with E-state index in [0.717, 1.165) is 19.3 Å². The van der Waals surface area contributed by atoms with Crippen LogP contribution in [0.1, 0.15) is 53.4 Å². The molecule has 0 bridgehead atoms. The number of carbonyl (C=O) groups excluding carboxylic acids is 1. The van der Waals surface area contributed by atoms with Gasteiger partial charge < -0.3 is 9.84 Å². The van der Waals surface area contributed by atoms with E-state index in [1.165, 1.54) is 0 Å². The SMILES string of the molecule is CCOC(=O)CC(C)CCCC(C)(C)O. The summed E-state index contributed by atoms with van der Waals surface area (Å²) in [7, 11) is 0. The average Bonchev–Trinajstić information content (AvgIpc) is 2.01. The summed E-state index contributed by atoms with van der Waals surface area (Å²) in [6.07, 6.45) is 3.17. The van der Waals surface area contributed by atoms with Crippen molar-refractivity contribution in [2.45, 2.75) is 59.0 Å². The van der Waals surface area contributed by atoms with Crippen LogP contribution in [0, 0.1) is 5.92 Å². The second-order valence-corrected chi connectivity index (χ2v) is 4.82. The van der Waals surface area contributed by atoms with E-state index >= 15 is 0 Å². The molecule has 0 aromatic heterocycles. The molecule has 0 aromatic rings. The number of carbonyl (C=O) groups is 1.